The molecule has 1 rings (SSSR count). The van der Waals surface area contributed by atoms with Gasteiger partial charge in [0.2, 0.25) is 0 Å². The second kappa shape index (κ2) is 7.08. The van der Waals surface area contributed by atoms with Crippen LogP contribution in [0.4, 0.5) is 0 Å². The van der Waals surface area contributed by atoms with Crippen LogP contribution in [-0.4, -0.2) is 54.9 Å². The summed E-state index contributed by atoms with van der Waals surface area (Å²) in [6.07, 6.45) is 2.86. The molecule has 0 saturated heterocycles. The molecular weight excluding hydrogens is 226 g/mol. The molecule has 5 heteroatoms. The third kappa shape index (κ3) is 5.25. The van der Waals surface area contributed by atoms with Crippen LogP contribution in [0.25, 0.3) is 0 Å². The molecule has 1 heterocycles. The quantitative estimate of drug-likeness (QED) is 0.552. The summed E-state index contributed by atoms with van der Waals surface area (Å²) in [6, 6.07) is 3.85. The van der Waals surface area contributed by atoms with Crippen molar-refractivity contribution in [1.29, 1.82) is 5.41 Å². The van der Waals surface area contributed by atoms with Crippen molar-refractivity contribution in [2.75, 3.05) is 34.2 Å². The van der Waals surface area contributed by atoms with Crippen molar-refractivity contribution in [3.8, 4) is 0 Å². The fraction of sp³-hybridized carbons (Fsp3) is 0.538. The van der Waals surface area contributed by atoms with Gasteiger partial charge in [-0.15, -0.1) is 0 Å². The van der Waals surface area contributed by atoms with Crippen molar-refractivity contribution in [3.63, 3.8) is 0 Å². The molecule has 18 heavy (non-hydrogen) atoms. The highest BCUT2D eigenvalue weighted by atomic mass is 15.1. The van der Waals surface area contributed by atoms with Gasteiger partial charge in [-0.05, 0) is 58.3 Å². The molecule has 1 aromatic rings. The summed E-state index contributed by atoms with van der Waals surface area (Å²) in [5.74, 6) is 0.0205. The summed E-state index contributed by atoms with van der Waals surface area (Å²) < 4.78 is 0. The molecule has 0 aromatic carbocycles. The third-order valence-corrected chi connectivity index (χ3v) is 2.70. The zero-order valence-electron chi connectivity index (χ0n) is 11.5. The number of nitrogens with zero attached hydrogens (tertiary/aromatic N) is 3. The van der Waals surface area contributed by atoms with E-state index in [0.29, 0.717) is 5.69 Å². The highest BCUT2D eigenvalue weighted by Crippen LogP contribution is 2.05. The Labute approximate surface area is 109 Å². The molecule has 3 N–H and O–H groups in total. The zero-order valence-corrected chi connectivity index (χ0v) is 11.5. The second-order valence-corrected chi connectivity index (χ2v) is 4.86. The van der Waals surface area contributed by atoms with Gasteiger partial charge in [-0.2, -0.15) is 0 Å². The van der Waals surface area contributed by atoms with E-state index in [1.54, 1.807) is 6.20 Å². The van der Waals surface area contributed by atoms with Crippen molar-refractivity contribution in [2.24, 2.45) is 5.73 Å². The molecule has 0 atom stereocenters. The summed E-state index contributed by atoms with van der Waals surface area (Å²) in [6.45, 7) is 3.01. The maximum atomic E-state index is 7.37. The first-order valence-electron chi connectivity index (χ1n) is 6.11. The minimum Gasteiger partial charge on any atom is -0.382 e. The van der Waals surface area contributed by atoms with Crippen LogP contribution in [-0.2, 0) is 6.54 Å². The molecule has 0 aliphatic heterocycles. The topological polar surface area (TPSA) is 69.2 Å². The largest absolute Gasteiger partial charge is 0.382 e. The van der Waals surface area contributed by atoms with Gasteiger partial charge in [-0.1, -0.05) is 0 Å². The van der Waals surface area contributed by atoms with Crippen molar-refractivity contribution in [2.45, 2.75) is 13.0 Å². The lowest BCUT2D eigenvalue weighted by Crippen LogP contribution is -2.23. The van der Waals surface area contributed by atoms with Gasteiger partial charge in [0.05, 0.1) is 0 Å². The van der Waals surface area contributed by atoms with Gasteiger partial charge in [0, 0.05) is 12.7 Å². The van der Waals surface area contributed by atoms with E-state index >= 15 is 0 Å². The van der Waals surface area contributed by atoms with Gasteiger partial charge in [0.1, 0.15) is 11.5 Å². The predicted octanol–water partition coefficient (Wildman–Crippen LogP) is 0.749. The molecule has 0 spiro atoms. The van der Waals surface area contributed by atoms with Crippen LogP contribution in [0.15, 0.2) is 18.3 Å². The molecule has 0 aliphatic carbocycles. The maximum absolute atomic E-state index is 7.37. The Hall–Kier alpha value is -1.46. The Kier molecular flexibility index (Phi) is 5.74. The summed E-state index contributed by atoms with van der Waals surface area (Å²) in [5.41, 5.74) is 7.12. The molecule has 0 saturated carbocycles. The summed E-state index contributed by atoms with van der Waals surface area (Å²) in [7, 11) is 6.27. The number of hydrogen-bond acceptors (Lipinski definition) is 4. The first kappa shape index (κ1) is 14.6. The van der Waals surface area contributed by atoms with Gasteiger partial charge in [0.15, 0.2) is 0 Å². The Morgan fingerprint density at radius 1 is 1.33 bits per heavy atom. The Balaban J connectivity index is 2.46. The first-order chi connectivity index (χ1) is 8.49. The normalized spacial score (nSPS) is 11.2. The smallest absolute Gasteiger partial charge is 0.141 e. The van der Waals surface area contributed by atoms with E-state index in [9.17, 15) is 0 Å². The van der Waals surface area contributed by atoms with Gasteiger partial charge in [-0.3, -0.25) is 10.4 Å². The van der Waals surface area contributed by atoms with Crippen molar-refractivity contribution in [1.82, 2.24) is 14.8 Å². The van der Waals surface area contributed by atoms with Gasteiger partial charge >= 0.3 is 0 Å². The number of hydrogen-bond donors (Lipinski definition) is 2. The van der Waals surface area contributed by atoms with Crippen molar-refractivity contribution < 1.29 is 0 Å². The zero-order chi connectivity index (χ0) is 13.5. The lowest BCUT2D eigenvalue weighted by molar-refractivity contribution is 0.294. The number of nitrogens with one attached hydrogen (secondary N) is 1. The number of rotatable bonds is 7. The average Bonchev–Trinajstić information content (AvgIpc) is 2.28. The molecule has 0 unspecified atom stereocenters. The third-order valence-electron chi connectivity index (χ3n) is 2.70. The molecular formula is C13H23N5. The van der Waals surface area contributed by atoms with Crippen LogP contribution in [0, 0.1) is 5.41 Å². The van der Waals surface area contributed by atoms with Crippen LogP contribution < -0.4 is 5.73 Å². The van der Waals surface area contributed by atoms with E-state index in [1.165, 1.54) is 0 Å². The second-order valence-electron chi connectivity index (χ2n) is 4.86. The molecule has 5 nitrogen and oxygen atoms in total. The standard InChI is InChI=1S/C13H23N5/c1-17(2)7-4-8-18(3)10-11-5-6-16-12(9-11)13(14)15/h5-6,9H,4,7-8,10H2,1-3H3,(H3,14,15). The lowest BCUT2D eigenvalue weighted by atomic mass is 10.2. The number of nitrogens with two attached hydrogens (primary N) is 1. The minimum atomic E-state index is 0.0205. The lowest BCUT2D eigenvalue weighted by Gasteiger charge is -2.18. The van der Waals surface area contributed by atoms with E-state index in [-0.39, 0.29) is 5.84 Å². The summed E-state index contributed by atoms with van der Waals surface area (Å²) >= 11 is 0. The Bertz CT molecular complexity index is 389. The molecule has 0 radical (unpaired) electrons. The maximum Gasteiger partial charge on any atom is 0.141 e. The average molecular weight is 249 g/mol. The molecule has 0 aliphatic rings. The van der Waals surface area contributed by atoms with Crippen LogP contribution in [0.2, 0.25) is 0 Å². The minimum absolute atomic E-state index is 0.0205. The van der Waals surface area contributed by atoms with E-state index < -0.39 is 0 Å². The first-order valence-corrected chi connectivity index (χ1v) is 6.11. The van der Waals surface area contributed by atoms with E-state index in [1.807, 2.05) is 12.1 Å². The van der Waals surface area contributed by atoms with Gasteiger partial charge in [-0.25, -0.2) is 0 Å². The molecule has 1 aromatic heterocycles. The predicted molar refractivity (Wildman–Crippen MR) is 74.8 cm³/mol. The monoisotopic (exact) mass is 249 g/mol. The number of nitrogen functional groups attached to an aromatic ring is 1. The van der Waals surface area contributed by atoms with Crippen LogP contribution >= 0.6 is 0 Å². The highest BCUT2D eigenvalue weighted by Gasteiger charge is 2.03. The van der Waals surface area contributed by atoms with Gasteiger partial charge < -0.3 is 15.5 Å². The number of amidine groups is 1. The van der Waals surface area contributed by atoms with Crippen molar-refractivity contribution >= 4 is 5.84 Å². The van der Waals surface area contributed by atoms with Crippen molar-refractivity contribution in [3.05, 3.63) is 29.6 Å². The Morgan fingerprint density at radius 3 is 2.67 bits per heavy atom. The fourth-order valence-corrected chi connectivity index (χ4v) is 1.77. The van der Waals surface area contributed by atoms with Crippen LogP contribution in [0.3, 0.4) is 0 Å². The fourth-order valence-electron chi connectivity index (χ4n) is 1.77. The van der Waals surface area contributed by atoms with Crippen LogP contribution in [0.5, 0.6) is 0 Å². The van der Waals surface area contributed by atoms with Gasteiger partial charge in [0.25, 0.3) is 0 Å². The SMILES string of the molecule is CN(C)CCCN(C)Cc1ccnc(C(=N)N)c1. The summed E-state index contributed by atoms with van der Waals surface area (Å²) in [5, 5.41) is 7.37. The molecule has 0 amide bonds. The van der Waals surface area contributed by atoms with E-state index in [0.717, 1.165) is 31.6 Å². The summed E-state index contributed by atoms with van der Waals surface area (Å²) in [4.78, 5) is 8.51. The number of pyridine rings is 1. The number of aromatic nitrogens is 1. The van der Waals surface area contributed by atoms with E-state index in [2.05, 4.69) is 35.9 Å². The molecule has 0 bridgehead atoms. The highest BCUT2D eigenvalue weighted by molar-refractivity contribution is 5.93. The Morgan fingerprint density at radius 2 is 2.06 bits per heavy atom. The van der Waals surface area contributed by atoms with Crippen LogP contribution in [0.1, 0.15) is 17.7 Å². The molecule has 100 valence electrons. The van der Waals surface area contributed by atoms with E-state index in [4.69, 9.17) is 11.1 Å². The molecule has 0 fully saturated rings.